The van der Waals surface area contributed by atoms with Crippen LogP contribution in [0, 0.1) is 12.7 Å². The quantitative estimate of drug-likeness (QED) is 0.793. The van der Waals surface area contributed by atoms with E-state index in [2.05, 4.69) is 15.9 Å². The van der Waals surface area contributed by atoms with Crippen LogP contribution < -0.4 is 0 Å². The largest absolute Gasteiger partial charge is 0.466 e. The fraction of sp³-hybridized carbons (Fsp3) is 0.364. The Morgan fingerprint density at radius 3 is 2.73 bits per heavy atom. The van der Waals surface area contributed by atoms with Gasteiger partial charge in [-0.3, -0.25) is 4.79 Å². The molecule has 0 aliphatic rings. The topological polar surface area (TPSA) is 26.3 Å². The Balaban J connectivity index is 2.90. The number of hydrogen-bond donors (Lipinski definition) is 0. The van der Waals surface area contributed by atoms with E-state index in [1.54, 1.807) is 13.8 Å². The predicted octanol–water partition coefficient (Wildman–Crippen LogP) is 3.00. The number of aryl methyl sites for hydroxylation is 1. The highest BCUT2D eigenvalue weighted by atomic mass is 79.9. The monoisotopic (exact) mass is 274 g/mol. The molecule has 0 bridgehead atoms. The molecule has 0 saturated heterocycles. The maximum atomic E-state index is 12.9. The van der Waals surface area contributed by atoms with Crippen LogP contribution in [0.25, 0.3) is 0 Å². The van der Waals surface area contributed by atoms with Gasteiger partial charge in [-0.25, -0.2) is 4.39 Å². The van der Waals surface area contributed by atoms with Crippen molar-refractivity contribution in [2.75, 3.05) is 6.61 Å². The van der Waals surface area contributed by atoms with Crippen LogP contribution in [-0.2, 0) is 16.0 Å². The molecule has 0 spiro atoms. The zero-order chi connectivity index (χ0) is 11.4. The van der Waals surface area contributed by atoms with E-state index in [1.165, 1.54) is 12.1 Å². The van der Waals surface area contributed by atoms with Crippen LogP contribution in [0.5, 0.6) is 0 Å². The molecule has 4 heteroatoms. The molecule has 0 radical (unpaired) electrons. The molecule has 0 heterocycles. The second-order valence-electron chi connectivity index (χ2n) is 3.16. The SMILES string of the molecule is CCOC(=O)Cc1c(C)cc(F)cc1Br. The number of hydrogen-bond acceptors (Lipinski definition) is 2. The fourth-order valence-corrected chi connectivity index (χ4v) is 1.98. The maximum absolute atomic E-state index is 12.9. The number of esters is 1. The second kappa shape index (κ2) is 5.26. The summed E-state index contributed by atoms with van der Waals surface area (Å²) in [4.78, 5) is 11.3. The molecule has 0 fully saturated rings. The van der Waals surface area contributed by atoms with E-state index in [9.17, 15) is 9.18 Å². The molecule has 0 aromatic heterocycles. The first-order valence-corrected chi connectivity index (χ1v) is 5.44. The maximum Gasteiger partial charge on any atom is 0.310 e. The predicted molar refractivity (Wildman–Crippen MR) is 59.2 cm³/mol. The summed E-state index contributed by atoms with van der Waals surface area (Å²) in [6, 6.07) is 2.75. The molecule has 2 nitrogen and oxygen atoms in total. The zero-order valence-corrected chi connectivity index (χ0v) is 10.2. The Bertz CT molecular complexity index is 354. The van der Waals surface area contributed by atoms with Gasteiger partial charge in [-0.05, 0) is 37.1 Å². The first-order valence-electron chi connectivity index (χ1n) is 4.64. The normalized spacial score (nSPS) is 10.1. The molecule has 0 aliphatic carbocycles. The Kier molecular flexibility index (Phi) is 4.27. The van der Waals surface area contributed by atoms with E-state index in [4.69, 9.17) is 4.74 Å². The number of ether oxygens (including phenoxy) is 1. The van der Waals surface area contributed by atoms with Crippen molar-refractivity contribution in [1.82, 2.24) is 0 Å². The van der Waals surface area contributed by atoms with Crippen LogP contribution in [0.2, 0.25) is 0 Å². The van der Waals surface area contributed by atoms with E-state index in [1.807, 2.05) is 0 Å². The summed E-state index contributed by atoms with van der Waals surface area (Å²) in [5.41, 5.74) is 1.52. The Labute approximate surface area is 96.6 Å². The average molecular weight is 275 g/mol. The second-order valence-corrected chi connectivity index (χ2v) is 4.02. The van der Waals surface area contributed by atoms with Crippen molar-refractivity contribution in [3.63, 3.8) is 0 Å². The van der Waals surface area contributed by atoms with Gasteiger partial charge in [0.2, 0.25) is 0 Å². The van der Waals surface area contributed by atoms with Gasteiger partial charge in [0.05, 0.1) is 13.0 Å². The summed E-state index contributed by atoms with van der Waals surface area (Å²) >= 11 is 3.23. The number of rotatable bonds is 3. The number of halogens is 2. The summed E-state index contributed by atoms with van der Waals surface area (Å²) in [5.74, 6) is -0.611. The molecule has 0 N–H and O–H groups in total. The van der Waals surface area contributed by atoms with Crippen molar-refractivity contribution in [2.45, 2.75) is 20.3 Å². The van der Waals surface area contributed by atoms with Crippen LogP contribution >= 0.6 is 15.9 Å². The third-order valence-corrected chi connectivity index (χ3v) is 2.72. The summed E-state index contributed by atoms with van der Waals surface area (Å²) in [7, 11) is 0. The molecule has 1 aromatic rings. The lowest BCUT2D eigenvalue weighted by atomic mass is 10.1. The molecule has 0 unspecified atom stereocenters. The van der Waals surface area contributed by atoms with E-state index in [0.717, 1.165) is 11.1 Å². The minimum absolute atomic E-state index is 0.167. The van der Waals surface area contributed by atoms with Crippen LogP contribution in [0.4, 0.5) is 4.39 Å². The first kappa shape index (κ1) is 12.2. The van der Waals surface area contributed by atoms with Gasteiger partial charge in [-0.15, -0.1) is 0 Å². The minimum Gasteiger partial charge on any atom is -0.466 e. The van der Waals surface area contributed by atoms with Crippen molar-refractivity contribution in [2.24, 2.45) is 0 Å². The fourth-order valence-electron chi connectivity index (χ4n) is 1.31. The molecule has 82 valence electrons. The van der Waals surface area contributed by atoms with Crippen molar-refractivity contribution in [1.29, 1.82) is 0 Å². The lowest BCUT2D eigenvalue weighted by Crippen LogP contribution is -2.09. The van der Waals surface area contributed by atoms with Gasteiger partial charge in [-0.2, -0.15) is 0 Å². The van der Waals surface area contributed by atoms with E-state index < -0.39 is 0 Å². The number of benzene rings is 1. The van der Waals surface area contributed by atoms with Gasteiger partial charge < -0.3 is 4.74 Å². The molecular formula is C11H12BrFO2. The van der Waals surface area contributed by atoms with Gasteiger partial charge in [-0.1, -0.05) is 15.9 Å². The Morgan fingerprint density at radius 1 is 1.53 bits per heavy atom. The molecule has 0 saturated carbocycles. The lowest BCUT2D eigenvalue weighted by Gasteiger charge is -2.08. The van der Waals surface area contributed by atoms with Gasteiger partial charge in [0.25, 0.3) is 0 Å². The Morgan fingerprint density at radius 2 is 2.20 bits per heavy atom. The first-order chi connectivity index (χ1) is 7.04. The standard InChI is InChI=1S/C11H12BrFO2/c1-3-15-11(14)6-9-7(2)4-8(13)5-10(9)12/h4-5H,3,6H2,1-2H3. The van der Waals surface area contributed by atoms with Gasteiger partial charge in [0.1, 0.15) is 5.82 Å². The van der Waals surface area contributed by atoms with Crippen molar-refractivity contribution < 1.29 is 13.9 Å². The summed E-state index contributed by atoms with van der Waals surface area (Å²) in [6.45, 7) is 3.88. The van der Waals surface area contributed by atoms with Gasteiger partial charge >= 0.3 is 5.97 Å². The molecule has 0 aliphatic heterocycles. The van der Waals surface area contributed by atoms with Crippen molar-refractivity contribution in [3.8, 4) is 0 Å². The van der Waals surface area contributed by atoms with Crippen molar-refractivity contribution >= 4 is 21.9 Å². The van der Waals surface area contributed by atoms with Crippen LogP contribution in [-0.4, -0.2) is 12.6 Å². The number of carbonyl (C=O) groups is 1. The van der Waals surface area contributed by atoms with E-state index in [-0.39, 0.29) is 18.2 Å². The Hall–Kier alpha value is -0.900. The molecular weight excluding hydrogens is 263 g/mol. The molecule has 1 aromatic carbocycles. The van der Waals surface area contributed by atoms with Crippen LogP contribution in [0.15, 0.2) is 16.6 Å². The van der Waals surface area contributed by atoms with Gasteiger partial charge in [0, 0.05) is 4.47 Å². The molecule has 0 atom stereocenters. The zero-order valence-electron chi connectivity index (χ0n) is 8.64. The third kappa shape index (κ3) is 3.30. The third-order valence-electron chi connectivity index (χ3n) is 2.01. The molecule has 0 amide bonds. The van der Waals surface area contributed by atoms with Crippen LogP contribution in [0.1, 0.15) is 18.1 Å². The summed E-state index contributed by atoms with van der Waals surface area (Å²) in [6.07, 6.45) is 0.167. The highest BCUT2D eigenvalue weighted by molar-refractivity contribution is 9.10. The van der Waals surface area contributed by atoms with Gasteiger partial charge in [0.15, 0.2) is 0 Å². The minimum atomic E-state index is -0.313. The smallest absolute Gasteiger partial charge is 0.310 e. The van der Waals surface area contributed by atoms with E-state index in [0.29, 0.717) is 11.1 Å². The highest BCUT2D eigenvalue weighted by Crippen LogP contribution is 2.22. The summed E-state index contributed by atoms with van der Waals surface area (Å²) < 4.78 is 18.4. The average Bonchev–Trinajstić information content (AvgIpc) is 2.11. The van der Waals surface area contributed by atoms with Crippen LogP contribution in [0.3, 0.4) is 0 Å². The van der Waals surface area contributed by atoms with Crippen molar-refractivity contribution in [3.05, 3.63) is 33.5 Å². The van der Waals surface area contributed by atoms with E-state index >= 15 is 0 Å². The summed E-state index contributed by atoms with van der Waals surface area (Å²) in [5, 5.41) is 0. The lowest BCUT2D eigenvalue weighted by molar-refractivity contribution is -0.142. The molecule has 1 rings (SSSR count). The highest BCUT2D eigenvalue weighted by Gasteiger charge is 2.11. The molecule has 15 heavy (non-hydrogen) atoms. The number of carbonyl (C=O) groups excluding carboxylic acids is 1.